The number of ether oxygens (including phenoxy) is 1. The number of likely N-dealkylation sites (tertiary alicyclic amines) is 1. The molecule has 0 amide bonds. The second-order valence-electron chi connectivity index (χ2n) is 5.80. The lowest BCUT2D eigenvalue weighted by Gasteiger charge is -2.33. The number of hydrogen-bond donors (Lipinski definition) is 2. The number of aromatic nitrogens is 2. The molecular formula is C16H22N4O. The Balaban J connectivity index is 1.74. The molecule has 1 fully saturated rings. The van der Waals surface area contributed by atoms with Gasteiger partial charge in [-0.05, 0) is 32.9 Å². The number of aryl methyl sites for hydroxylation is 2. The van der Waals surface area contributed by atoms with Gasteiger partial charge >= 0.3 is 0 Å². The molecule has 1 aromatic heterocycles. The third kappa shape index (κ3) is 2.73. The molecule has 0 bridgehead atoms. The molecule has 1 saturated heterocycles. The molecule has 0 radical (unpaired) electrons. The number of nitrogens with zero attached hydrogens (tertiary/aromatic N) is 2. The van der Waals surface area contributed by atoms with Gasteiger partial charge in [0.15, 0.2) is 0 Å². The van der Waals surface area contributed by atoms with Crippen molar-refractivity contribution in [2.75, 3.05) is 13.1 Å². The molecule has 3 rings (SSSR count). The van der Waals surface area contributed by atoms with E-state index in [-0.39, 0.29) is 6.10 Å². The number of piperidine rings is 1. The Bertz CT molecular complexity index is 668. The summed E-state index contributed by atoms with van der Waals surface area (Å²) in [5, 5.41) is 7.68. The summed E-state index contributed by atoms with van der Waals surface area (Å²) >= 11 is 0. The zero-order valence-electron chi connectivity index (χ0n) is 12.9. The first kappa shape index (κ1) is 13.9. The van der Waals surface area contributed by atoms with E-state index in [1.54, 1.807) is 0 Å². The van der Waals surface area contributed by atoms with Gasteiger partial charge in [0.1, 0.15) is 17.7 Å². The van der Waals surface area contributed by atoms with Crippen LogP contribution in [-0.2, 0) is 0 Å². The van der Waals surface area contributed by atoms with E-state index in [9.17, 15) is 0 Å². The molecule has 1 aromatic carbocycles. The zero-order chi connectivity index (χ0) is 15.0. The van der Waals surface area contributed by atoms with Crippen molar-refractivity contribution in [1.82, 2.24) is 14.9 Å². The third-order valence-electron chi connectivity index (χ3n) is 4.19. The van der Waals surface area contributed by atoms with Crippen LogP contribution in [0.3, 0.4) is 0 Å². The van der Waals surface area contributed by atoms with E-state index in [0.717, 1.165) is 54.1 Å². The Labute approximate surface area is 124 Å². The van der Waals surface area contributed by atoms with Crippen LogP contribution in [0.5, 0.6) is 5.75 Å². The van der Waals surface area contributed by atoms with E-state index >= 15 is 0 Å². The van der Waals surface area contributed by atoms with E-state index < -0.39 is 0 Å². The summed E-state index contributed by atoms with van der Waals surface area (Å²) in [6.07, 6.45) is 2.16. The largest absolute Gasteiger partial charge is 0.490 e. The summed E-state index contributed by atoms with van der Waals surface area (Å²) in [5.74, 6) is 2.51. The molecule has 0 unspecified atom stereocenters. The fourth-order valence-electron chi connectivity index (χ4n) is 2.93. The van der Waals surface area contributed by atoms with Gasteiger partial charge in [0, 0.05) is 31.5 Å². The maximum Gasteiger partial charge on any atom is 0.124 e. The number of amidine groups is 1. The van der Waals surface area contributed by atoms with Gasteiger partial charge in [-0.2, -0.15) is 0 Å². The monoisotopic (exact) mass is 286 g/mol. The standard InChI is InChI=1S/C16H22N4O/c1-10-15(5-4-14-16(10)19-12(3)18-14)21-13-6-8-20(9-7-13)11(2)17/h4-5,13,17H,6-9H2,1-3H3,(H,18,19). The number of rotatable bonds is 2. The molecule has 21 heavy (non-hydrogen) atoms. The van der Waals surface area contributed by atoms with Gasteiger partial charge in [0.2, 0.25) is 0 Å². The maximum atomic E-state index is 7.68. The van der Waals surface area contributed by atoms with Crippen LogP contribution in [0.2, 0.25) is 0 Å². The van der Waals surface area contributed by atoms with Crippen LogP contribution in [0.1, 0.15) is 31.2 Å². The number of benzene rings is 1. The molecule has 5 heteroatoms. The second-order valence-corrected chi connectivity index (χ2v) is 5.80. The molecule has 2 aromatic rings. The predicted octanol–water partition coefficient (Wildman–Crippen LogP) is 3.02. The lowest BCUT2D eigenvalue weighted by Crippen LogP contribution is -2.40. The van der Waals surface area contributed by atoms with Crippen molar-refractivity contribution in [2.24, 2.45) is 0 Å². The van der Waals surface area contributed by atoms with E-state index in [1.807, 2.05) is 26.0 Å². The molecule has 1 aliphatic heterocycles. The highest BCUT2D eigenvalue weighted by Crippen LogP contribution is 2.28. The Morgan fingerprint density at radius 2 is 2.05 bits per heavy atom. The summed E-state index contributed by atoms with van der Waals surface area (Å²) in [5.41, 5.74) is 3.16. The minimum atomic E-state index is 0.233. The van der Waals surface area contributed by atoms with Crippen molar-refractivity contribution in [2.45, 2.75) is 39.7 Å². The highest BCUT2D eigenvalue weighted by Gasteiger charge is 2.21. The van der Waals surface area contributed by atoms with E-state index in [2.05, 4.69) is 21.8 Å². The first-order valence-corrected chi connectivity index (χ1v) is 7.47. The topological polar surface area (TPSA) is 65.0 Å². The Morgan fingerprint density at radius 1 is 1.33 bits per heavy atom. The first-order chi connectivity index (χ1) is 10.0. The summed E-state index contributed by atoms with van der Waals surface area (Å²) in [4.78, 5) is 9.89. The van der Waals surface area contributed by atoms with Crippen LogP contribution in [0.15, 0.2) is 12.1 Å². The summed E-state index contributed by atoms with van der Waals surface area (Å²) in [7, 11) is 0. The number of imidazole rings is 1. The highest BCUT2D eigenvalue weighted by atomic mass is 16.5. The van der Waals surface area contributed by atoms with Crippen LogP contribution >= 0.6 is 0 Å². The normalized spacial score (nSPS) is 16.4. The van der Waals surface area contributed by atoms with Crippen molar-refractivity contribution >= 4 is 16.9 Å². The Hall–Kier alpha value is -2.04. The molecule has 1 aliphatic rings. The smallest absolute Gasteiger partial charge is 0.124 e. The van der Waals surface area contributed by atoms with Gasteiger partial charge in [0.25, 0.3) is 0 Å². The van der Waals surface area contributed by atoms with Crippen molar-refractivity contribution < 1.29 is 4.74 Å². The zero-order valence-corrected chi connectivity index (χ0v) is 12.9. The minimum absolute atomic E-state index is 0.233. The molecule has 5 nitrogen and oxygen atoms in total. The van der Waals surface area contributed by atoms with Crippen molar-refractivity contribution in [3.63, 3.8) is 0 Å². The summed E-state index contributed by atoms with van der Waals surface area (Å²) in [6.45, 7) is 7.69. The summed E-state index contributed by atoms with van der Waals surface area (Å²) in [6, 6.07) is 4.07. The third-order valence-corrected chi connectivity index (χ3v) is 4.19. The highest BCUT2D eigenvalue weighted by molar-refractivity contribution is 5.81. The van der Waals surface area contributed by atoms with Gasteiger partial charge < -0.3 is 14.6 Å². The molecule has 0 atom stereocenters. The number of H-pyrrole nitrogens is 1. The summed E-state index contributed by atoms with van der Waals surface area (Å²) < 4.78 is 6.18. The van der Waals surface area contributed by atoms with Crippen LogP contribution in [0, 0.1) is 19.3 Å². The van der Waals surface area contributed by atoms with Crippen molar-refractivity contribution in [3.05, 3.63) is 23.5 Å². The van der Waals surface area contributed by atoms with Crippen LogP contribution < -0.4 is 4.74 Å². The van der Waals surface area contributed by atoms with E-state index in [1.165, 1.54) is 0 Å². The van der Waals surface area contributed by atoms with Gasteiger partial charge in [0.05, 0.1) is 16.9 Å². The molecule has 0 spiro atoms. The maximum absolute atomic E-state index is 7.68. The minimum Gasteiger partial charge on any atom is -0.490 e. The average molecular weight is 286 g/mol. The molecular weight excluding hydrogens is 264 g/mol. The van der Waals surface area contributed by atoms with E-state index in [4.69, 9.17) is 10.1 Å². The average Bonchev–Trinajstić information content (AvgIpc) is 2.84. The quantitative estimate of drug-likeness (QED) is 0.659. The second kappa shape index (κ2) is 5.39. The number of hydrogen-bond acceptors (Lipinski definition) is 3. The Kier molecular flexibility index (Phi) is 3.57. The molecule has 2 heterocycles. The van der Waals surface area contributed by atoms with Gasteiger partial charge in [-0.3, -0.25) is 5.41 Å². The van der Waals surface area contributed by atoms with Crippen molar-refractivity contribution in [1.29, 1.82) is 5.41 Å². The SMILES string of the molecule is CC(=N)N1CCC(Oc2ccc3[nH]c(C)nc3c2C)CC1. The van der Waals surface area contributed by atoms with Gasteiger partial charge in [-0.1, -0.05) is 0 Å². The van der Waals surface area contributed by atoms with Gasteiger partial charge in [-0.25, -0.2) is 4.98 Å². The van der Waals surface area contributed by atoms with Crippen molar-refractivity contribution in [3.8, 4) is 5.75 Å². The fraction of sp³-hybridized carbons (Fsp3) is 0.500. The number of nitrogens with one attached hydrogen (secondary N) is 2. The first-order valence-electron chi connectivity index (χ1n) is 7.47. The lowest BCUT2D eigenvalue weighted by molar-refractivity contribution is 0.130. The molecule has 112 valence electrons. The van der Waals surface area contributed by atoms with Crippen LogP contribution in [0.4, 0.5) is 0 Å². The molecule has 2 N–H and O–H groups in total. The molecule has 0 aliphatic carbocycles. The molecule has 0 saturated carbocycles. The van der Waals surface area contributed by atoms with Crippen LogP contribution in [0.25, 0.3) is 11.0 Å². The predicted molar refractivity (Wildman–Crippen MR) is 84.2 cm³/mol. The Morgan fingerprint density at radius 3 is 2.71 bits per heavy atom. The lowest BCUT2D eigenvalue weighted by atomic mass is 10.1. The van der Waals surface area contributed by atoms with Crippen LogP contribution in [-0.4, -0.2) is 39.9 Å². The van der Waals surface area contributed by atoms with E-state index in [0.29, 0.717) is 5.84 Å². The van der Waals surface area contributed by atoms with Gasteiger partial charge in [-0.15, -0.1) is 0 Å². The number of aromatic amines is 1. The fourth-order valence-corrected chi connectivity index (χ4v) is 2.93. The number of fused-ring (bicyclic) bond motifs is 1.